The van der Waals surface area contributed by atoms with Crippen molar-refractivity contribution in [1.82, 2.24) is 9.99 Å². The summed E-state index contributed by atoms with van der Waals surface area (Å²) in [4.78, 5) is 25.1. The predicted octanol–water partition coefficient (Wildman–Crippen LogP) is 3.20. The van der Waals surface area contributed by atoms with Gasteiger partial charge in [-0.3, -0.25) is 19.6 Å². The van der Waals surface area contributed by atoms with Gasteiger partial charge in [-0.1, -0.05) is 35.9 Å². The second-order valence-corrected chi connectivity index (χ2v) is 5.96. The molecule has 0 saturated carbocycles. The molecule has 0 spiro atoms. The van der Waals surface area contributed by atoms with E-state index in [4.69, 9.17) is 17.4 Å². The minimum Gasteiger partial charge on any atom is -0.290 e. The zero-order valence-corrected chi connectivity index (χ0v) is 14.0. The van der Waals surface area contributed by atoms with Crippen LogP contribution < -0.4 is 11.3 Å². The number of carbonyl (C=O) groups is 2. The van der Waals surface area contributed by atoms with E-state index in [0.717, 1.165) is 5.56 Å². The largest absolute Gasteiger partial charge is 0.290 e. The molecule has 3 aromatic rings. The van der Waals surface area contributed by atoms with Crippen LogP contribution in [-0.2, 0) is 0 Å². The molecule has 0 fully saturated rings. The number of nitrogens with one attached hydrogen (secondary N) is 1. The molecule has 0 bridgehead atoms. The van der Waals surface area contributed by atoms with Crippen molar-refractivity contribution >= 4 is 34.3 Å². The van der Waals surface area contributed by atoms with Crippen LogP contribution >= 0.6 is 11.6 Å². The number of hydrogen-bond donors (Lipinski definition) is 2. The molecular formula is C18H16ClN3O2. The van der Waals surface area contributed by atoms with Crippen LogP contribution in [0.15, 0.2) is 42.5 Å². The Hall–Kier alpha value is -2.63. The third kappa shape index (κ3) is 2.48. The van der Waals surface area contributed by atoms with Crippen molar-refractivity contribution in [3.8, 4) is 0 Å². The van der Waals surface area contributed by atoms with E-state index in [1.807, 2.05) is 19.1 Å². The maximum absolute atomic E-state index is 13.0. The van der Waals surface area contributed by atoms with Gasteiger partial charge in [0.05, 0.1) is 11.1 Å². The Morgan fingerprint density at radius 3 is 2.50 bits per heavy atom. The van der Waals surface area contributed by atoms with Gasteiger partial charge in [0, 0.05) is 21.7 Å². The maximum Gasteiger partial charge on any atom is 0.267 e. The molecule has 0 aliphatic heterocycles. The number of para-hydroxylation sites is 1. The minimum atomic E-state index is -0.433. The van der Waals surface area contributed by atoms with E-state index >= 15 is 0 Å². The molecule has 3 rings (SSSR count). The maximum atomic E-state index is 13.0. The molecule has 0 aliphatic rings. The number of hydrazine groups is 1. The number of nitrogen functional groups attached to an aromatic ring is 1. The fraction of sp³-hybridized carbons (Fsp3) is 0.111. The van der Waals surface area contributed by atoms with Crippen molar-refractivity contribution in [2.75, 3.05) is 0 Å². The summed E-state index contributed by atoms with van der Waals surface area (Å²) in [5, 5.41) is 1.19. The second-order valence-electron chi connectivity index (χ2n) is 5.56. The number of rotatable bonds is 2. The summed E-state index contributed by atoms with van der Waals surface area (Å²) < 4.78 is 1.51. The number of aryl methyl sites for hydroxylation is 1. The minimum absolute atomic E-state index is 0.248. The van der Waals surface area contributed by atoms with E-state index in [-0.39, 0.29) is 5.91 Å². The van der Waals surface area contributed by atoms with E-state index in [1.165, 1.54) is 4.57 Å². The van der Waals surface area contributed by atoms with E-state index in [1.54, 1.807) is 37.3 Å². The molecule has 24 heavy (non-hydrogen) atoms. The van der Waals surface area contributed by atoms with Gasteiger partial charge in [-0.25, -0.2) is 5.84 Å². The molecule has 2 aromatic carbocycles. The van der Waals surface area contributed by atoms with Gasteiger partial charge in [0.1, 0.15) is 0 Å². The highest BCUT2D eigenvalue weighted by molar-refractivity contribution is 6.31. The van der Waals surface area contributed by atoms with Crippen LogP contribution in [0.5, 0.6) is 0 Å². The van der Waals surface area contributed by atoms with Crippen molar-refractivity contribution in [2.24, 2.45) is 5.84 Å². The van der Waals surface area contributed by atoms with Gasteiger partial charge in [-0.15, -0.1) is 0 Å². The van der Waals surface area contributed by atoms with Crippen LogP contribution in [0.25, 0.3) is 10.9 Å². The highest BCUT2D eigenvalue weighted by atomic mass is 35.5. The van der Waals surface area contributed by atoms with Crippen LogP contribution in [-0.4, -0.2) is 16.4 Å². The first-order valence-corrected chi connectivity index (χ1v) is 7.75. The standard InChI is InChI=1S/C18H16ClN3O2/c1-10-7-8-12(9-14(10)19)18(24)22-11(2)16(17(23)21-20)13-5-3-4-6-15(13)22/h3-9H,20H2,1-2H3,(H,21,23). The molecule has 5 nitrogen and oxygen atoms in total. The van der Waals surface area contributed by atoms with Crippen molar-refractivity contribution in [3.05, 3.63) is 69.9 Å². The number of benzene rings is 2. The summed E-state index contributed by atoms with van der Waals surface area (Å²) in [5.74, 6) is 4.60. The number of halogens is 1. The van der Waals surface area contributed by atoms with Crippen molar-refractivity contribution in [1.29, 1.82) is 0 Å². The molecule has 0 atom stereocenters. The molecule has 6 heteroatoms. The van der Waals surface area contributed by atoms with Gasteiger partial charge in [-0.2, -0.15) is 0 Å². The molecular weight excluding hydrogens is 326 g/mol. The van der Waals surface area contributed by atoms with Crippen LogP contribution in [0.1, 0.15) is 32.0 Å². The summed E-state index contributed by atoms with van der Waals surface area (Å²) in [6.07, 6.45) is 0. The molecule has 0 unspecified atom stereocenters. The third-order valence-electron chi connectivity index (χ3n) is 4.09. The third-order valence-corrected chi connectivity index (χ3v) is 4.50. The van der Waals surface area contributed by atoms with Crippen LogP contribution in [0, 0.1) is 13.8 Å². The molecule has 0 radical (unpaired) electrons. The first kappa shape index (κ1) is 16.2. The Balaban J connectivity index is 2.26. The molecule has 1 aromatic heterocycles. The van der Waals surface area contributed by atoms with Gasteiger partial charge in [0.25, 0.3) is 11.8 Å². The highest BCUT2D eigenvalue weighted by Crippen LogP contribution is 2.27. The first-order valence-electron chi connectivity index (χ1n) is 7.37. The Morgan fingerprint density at radius 2 is 1.83 bits per heavy atom. The lowest BCUT2D eigenvalue weighted by Gasteiger charge is -2.08. The zero-order valence-electron chi connectivity index (χ0n) is 13.3. The number of amides is 1. The SMILES string of the molecule is Cc1ccc(C(=O)n2c(C)c(C(=O)NN)c3ccccc32)cc1Cl. The van der Waals surface area contributed by atoms with Gasteiger partial charge in [-0.05, 0) is 37.6 Å². The fourth-order valence-corrected chi connectivity index (χ4v) is 3.02. The molecule has 1 amide bonds. The van der Waals surface area contributed by atoms with Gasteiger partial charge >= 0.3 is 0 Å². The Bertz CT molecular complexity index is 976. The monoisotopic (exact) mass is 341 g/mol. The van der Waals surface area contributed by atoms with Crippen molar-refractivity contribution in [2.45, 2.75) is 13.8 Å². The Labute approximate surface area is 144 Å². The lowest BCUT2D eigenvalue weighted by molar-refractivity contribution is 0.0954. The van der Waals surface area contributed by atoms with Gasteiger partial charge in [0.15, 0.2) is 0 Å². The lowest BCUT2D eigenvalue weighted by Crippen LogP contribution is -2.30. The first-order chi connectivity index (χ1) is 11.5. The topological polar surface area (TPSA) is 77.1 Å². The molecule has 122 valence electrons. The average molecular weight is 342 g/mol. The van der Waals surface area contributed by atoms with Gasteiger partial charge in [0.2, 0.25) is 0 Å². The van der Waals surface area contributed by atoms with E-state index in [2.05, 4.69) is 5.43 Å². The summed E-state index contributed by atoms with van der Waals surface area (Å²) in [6.45, 7) is 3.59. The Kier molecular flexibility index (Phi) is 4.13. The number of nitrogens with two attached hydrogens (primary N) is 1. The Morgan fingerprint density at radius 1 is 1.12 bits per heavy atom. The summed E-state index contributed by atoms with van der Waals surface area (Å²) >= 11 is 6.14. The number of aromatic nitrogens is 1. The normalized spacial score (nSPS) is 10.8. The second kappa shape index (κ2) is 6.11. The smallest absolute Gasteiger partial charge is 0.267 e. The number of nitrogens with zero attached hydrogens (tertiary/aromatic N) is 1. The zero-order chi connectivity index (χ0) is 17.4. The summed E-state index contributed by atoms with van der Waals surface area (Å²) in [7, 11) is 0. The van der Waals surface area contributed by atoms with Crippen LogP contribution in [0.2, 0.25) is 5.02 Å². The van der Waals surface area contributed by atoms with E-state index < -0.39 is 5.91 Å². The average Bonchev–Trinajstić information content (AvgIpc) is 2.88. The predicted molar refractivity (Wildman–Crippen MR) is 94.2 cm³/mol. The lowest BCUT2D eigenvalue weighted by atomic mass is 10.1. The van der Waals surface area contributed by atoms with E-state index in [0.29, 0.717) is 32.7 Å². The molecule has 0 aliphatic carbocycles. The number of fused-ring (bicyclic) bond motifs is 1. The highest BCUT2D eigenvalue weighted by Gasteiger charge is 2.23. The molecule has 0 saturated heterocycles. The number of hydrogen-bond acceptors (Lipinski definition) is 3. The number of carbonyl (C=O) groups excluding carboxylic acids is 2. The molecule has 3 N–H and O–H groups in total. The van der Waals surface area contributed by atoms with Crippen molar-refractivity contribution in [3.63, 3.8) is 0 Å². The van der Waals surface area contributed by atoms with Crippen LogP contribution in [0.4, 0.5) is 0 Å². The van der Waals surface area contributed by atoms with Crippen molar-refractivity contribution < 1.29 is 9.59 Å². The summed E-state index contributed by atoms with van der Waals surface area (Å²) in [5.41, 5.74) is 5.05. The van der Waals surface area contributed by atoms with E-state index in [9.17, 15) is 9.59 Å². The van der Waals surface area contributed by atoms with Crippen LogP contribution in [0.3, 0.4) is 0 Å². The quantitative estimate of drug-likeness (QED) is 0.427. The fourth-order valence-electron chi connectivity index (χ4n) is 2.84. The van der Waals surface area contributed by atoms with Gasteiger partial charge < -0.3 is 0 Å². The molecule has 1 heterocycles. The summed E-state index contributed by atoms with van der Waals surface area (Å²) in [6, 6.07) is 12.4.